The van der Waals surface area contributed by atoms with E-state index in [4.69, 9.17) is 4.74 Å². The summed E-state index contributed by atoms with van der Waals surface area (Å²) in [7, 11) is 1.56. The molecule has 4 rings (SSSR count). The predicted molar refractivity (Wildman–Crippen MR) is 131 cm³/mol. The highest BCUT2D eigenvalue weighted by molar-refractivity contribution is 6.04. The molecular formula is C26H27FN4O3. The molecule has 1 aliphatic rings. The van der Waals surface area contributed by atoms with E-state index in [9.17, 15) is 14.0 Å². The van der Waals surface area contributed by atoms with Crippen molar-refractivity contribution >= 4 is 29.0 Å². The molecule has 1 fully saturated rings. The minimum atomic E-state index is -0.425. The first kappa shape index (κ1) is 23.1. The summed E-state index contributed by atoms with van der Waals surface area (Å²) in [5, 5.41) is 8.49. The number of nitrogens with one attached hydrogen (secondary N) is 3. The Bertz CT molecular complexity index is 1180. The van der Waals surface area contributed by atoms with Crippen molar-refractivity contribution in [1.29, 1.82) is 0 Å². The number of benzene rings is 3. The molecule has 0 radical (unpaired) electrons. The van der Waals surface area contributed by atoms with E-state index in [-0.39, 0.29) is 18.3 Å². The Morgan fingerprint density at radius 1 is 0.971 bits per heavy atom. The number of urea groups is 1. The SMILES string of the molecule is COc1cccc(NC(=O)Nc2cc(C(=O)NCc3cccc(F)c3)ccc2N2CCCC2)c1. The van der Waals surface area contributed by atoms with Crippen LogP contribution in [0.4, 0.5) is 26.2 Å². The van der Waals surface area contributed by atoms with Crippen molar-refractivity contribution in [2.45, 2.75) is 19.4 Å². The normalized spacial score (nSPS) is 12.8. The van der Waals surface area contributed by atoms with Gasteiger partial charge in [-0.2, -0.15) is 0 Å². The number of halogens is 1. The highest BCUT2D eigenvalue weighted by Gasteiger charge is 2.19. The molecule has 0 spiro atoms. The minimum Gasteiger partial charge on any atom is -0.497 e. The molecular weight excluding hydrogens is 435 g/mol. The first-order valence-corrected chi connectivity index (χ1v) is 11.2. The fourth-order valence-electron chi connectivity index (χ4n) is 3.93. The Morgan fingerprint density at radius 2 is 1.76 bits per heavy atom. The van der Waals surface area contributed by atoms with Crippen molar-refractivity contribution in [2.75, 3.05) is 35.7 Å². The Kier molecular flexibility index (Phi) is 7.27. The third kappa shape index (κ3) is 5.83. The molecule has 3 aromatic rings. The summed E-state index contributed by atoms with van der Waals surface area (Å²) in [6.45, 7) is 1.97. The Morgan fingerprint density at radius 3 is 2.53 bits per heavy atom. The summed E-state index contributed by atoms with van der Waals surface area (Å²) in [4.78, 5) is 27.7. The predicted octanol–water partition coefficient (Wildman–Crippen LogP) is 5.01. The number of rotatable bonds is 7. The summed E-state index contributed by atoms with van der Waals surface area (Å²) in [6.07, 6.45) is 2.15. The second-order valence-corrected chi connectivity index (χ2v) is 8.05. The molecule has 0 aliphatic carbocycles. The van der Waals surface area contributed by atoms with Gasteiger partial charge in [-0.25, -0.2) is 9.18 Å². The first-order valence-electron chi connectivity index (χ1n) is 11.2. The van der Waals surface area contributed by atoms with Crippen LogP contribution in [0.15, 0.2) is 66.7 Å². The van der Waals surface area contributed by atoms with E-state index in [2.05, 4.69) is 20.9 Å². The van der Waals surface area contributed by atoms with Crippen molar-refractivity contribution in [3.63, 3.8) is 0 Å². The first-order chi connectivity index (χ1) is 16.5. The Labute approximate surface area is 197 Å². The number of carbonyl (C=O) groups is 2. The fourth-order valence-corrected chi connectivity index (χ4v) is 3.93. The average molecular weight is 463 g/mol. The molecule has 176 valence electrons. The molecule has 0 unspecified atom stereocenters. The highest BCUT2D eigenvalue weighted by Crippen LogP contribution is 2.30. The van der Waals surface area contributed by atoms with Gasteiger partial charge in [0.15, 0.2) is 0 Å². The maximum atomic E-state index is 13.4. The summed E-state index contributed by atoms with van der Waals surface area (Å²) in [6, 6.07) is 18.0. The van der Waals surface area contributed by atoms with E-state index in [1.807, 2.05) is 6.07 Å². The van der Waals surface area contributed by atoms with Crippen LogP contribution in [0.25, 0.3) is 0 Å². The third-order valence-corrected chi connectivity index (χ3v) is 5.62. The zero-order valence-corrected chi connectivity index (χ0v) is 18.9. The van der Waals surface area contributed by atoms with Crippen LogP contribution in [0.1, 0.15) is 28.8 Å². The summed E-state index contributed by atoms with van der Waals surface area (Å²) in [5.41, 5.74) is 3.05. The van der Waals surface area contributed by atoms with E-state index in [1.54, 1.807) is 55.6 Å². The van der Waals surface area contributed by atoms with E-state index in [0.29, 0.717) is 28.3 Å². The van der Waals surface area contributed by atoms with Gasteiger partial charge in [0.2, 0.25) is 0 Å². The zero-order chi connectivity index (χ0) is 23.9. The second kappa shape index (κ2) is 10.7. The molecule has 3 aromatic carbocycles. The maximum Gasteiger partial charge on any atom is 0.323 e. The van der Waals surface area contributed by atoms with Crippen LogP contribution in [0.5, 0.6) is 5.75 Å². The fraction of sp³-hybridized carbons (Fsp3) is 0.231. The minimum absolute atomic E-state index is 0.198. The van der Waals surface area contributed by atoms with Crippen molar-refractivity contribution < 1.29 is 18.7 Å². The Balaban J connectivity index is 1.50. The summed E-state index contributed by atoms with van der Waals surface area (Å²) >= 11 is 0. The maximum absolute atomic E-state index is 13.4. The topological polar surface area (TPSA) is 82.7 Å². The molecule has 0 bridgehead atoms. The number of methoxy groups -OCH3 is 1. The highest BCUT2D eigenvalue weighted by atomic mass is 19.1. The molecule has 34 heavy (non-hydrogen) atoms. The van der Waals surface area contributed by atoms with Gasteiger partial charge in [0.1, 0.15) is 11.6 Å². The summed E-state index contributed by atoms with van der Waals surface area (Å²) < 4.78 is 18.6. The number of nitrogens with zero attached hydrogens (tertiary/aromatic N) is 1. The van der Waals surface area contributed by atoms with Crippen LogP contribution in [0.2, 0.25) is 0 Å². The van der Waals surface area contributed by atoms with Crippen molar-refractivity contribution in [2.24, 2.45) is 0 Å². The number of ether oxygens (including phenoxy) is 1. The van der Waals surface area contributed by atoms with Gasteiger partial charge in [-0.15, -0.1) is 0 Å². The van der Waals surface area contributed by atoms with E-state index < -0.39 is 6.03 Å². The molecule has 1 saturated heterocycles. The smallest absolute Gasteiger partial charge is 0.323 e. The molecule has 7 nitrogen and oxygen atoms in total. The molecule has 0 atom stereocenters. The molecule has 3 amide bonds. The van der Waals surface area contributed by atoms with Gasteiger partial charge in [-0.05, 0) is 60.9 Å². The molecule has 1 heterocycles. The lowest BCUT2D eigenvalue weighted by atomic mass is 10.1. The summed E-state index contributed by atoms with van der Waals surface area (Å²) in [5.74, 6) is -0.0312. The van der Waals surface area contributed by atoms with Crippen LogP contribution < -0.4 is 25.6 Å². The van der Waals surface area contributed by atoms with Gasteiger partial charge in [0.05, 0.1) is 18.5 Å². The number of hydrogen-bond donors (Lipinski definition) is 3. The van der Waals surface area contributed by atoms with Crippen LogP contribution in [0, 0.1) is 5.82 Å². The molecule has 0 saturated carbocycles. The van der Waals surface area contributed by atoms with E-state index in [1.165, 1.54) is 12.1 Å². The lowest BCUT2D eigenvalue weighted by Crippen LogP contribution is -2.26. The van der Waals surface area contributed by atoms with Crippen molar-refractivity contribution in [3.8, 4) is 5.75 Å². The van der Waals surface area contributed by atoms with E-state index >= 15 is 0 Å². The molecule has 3 N–H and O–H groups in total. The van der Waals surface area contributed by atoms with Crippen molar-refractivity contribution in [1.82, 2.24) is 5.32 Å². The van der Waals surface area contributed by atoms with Gasteiger partial charge in [-0.3, -0.25) is 4.79 Å². The van der Waals surface area contributed by atoms with Crippen LogP contribution in [-0.2, 0) is 6.54 Å². The molecule has 0 aromatic heterocycles. The monoisotopic (exact) mass is 462 g/mol. The van der Waals surface area contributed by atoms with Crippen molar-refractivity contribution in [3.05, 3.63) is 83.7 Å². The quantitative estimate of drug-likeness (QED) is 0.461. The van der Waals surface area contributed by atoms with Crippen LogP contribution >= 0.6 is 0 Å². The standard InChI is InChI=1S/C26H27FN4O3/c1-34-22-9-5-8-21(16-22)29-26(33)30-23-15-19(10-11-24(23)31-12-2-3-13-31)25(32)28-17-18-6-4-7-20(27)14-18/h4-11,14-16H,2-3,12-13,17H2,1H3,(H,28,32)(H2,29,30,33). The zero-order valence-electron chi connectivity index (χ0n) is 18.9. The molecule has 8 heteroatoms. The van der Waals surface area contributed by atoms with Gasteiger partial charge in [-0.1, -0.05) is 18.2 Å². The lowest BCUT2D eigenvalue weighted by molar-refractivity contribution is 0.0951. The number of amides is 3. The van der Waals surface area contributed by atoms with Crippen LogP contribution in [0.3, 0.4) is 0 Å². The average Bonchev–Trinajstić information content (AvgIpc) is 3.37. The van der Waals surface area contributed by atoms with E-state index in [0.717, 1.165) is 31.6 Å². The number of hydrogen-bond acceptors (Lipinski definition) is 4. The number of anilines is 3. The van der Waals surface area contributed by atoms with Crippen LogP contribution in [-0.4, -0.2) is 32.1 Å². The lowest BCUT2D eigenvalue weighted by Gasteiger charge is -2.22. The van der Waals surface area contributed by atoms with Gasteiger partial charge < -0.3 is 25.6 Å². The Hall–Kier alpha value is -4.07. The van der Waals surface area contributed by atoms with Gasteiger partial charge in [0, 0.05) is 37.0 Å². The van der Waals surface area contributed by atoms with Gasteiger partial charge >= 0.3 is 6.03 Å². The second-order valence-electron chi connectivity index (χ2n) is 8.05. The molecule has 1 aliphatic heterocycles. The van der Waals surface area contributed by atoms with Gasteiger partial charge in [0.25, 0.3) is 5.91 Å². The largest absolute Gasteiger partial charge is 0.497 e. The third-order valence-electron chi connectivity index (χ3n) is 5.62. The number of carbonyl (C=O) groups excluding carboxylic acids is 2.